The minimum absolute atomic E-state index is 0.477. The van der Waals surface area contributed by atoms with Crippen LogP contribution in [0.5, 0.6) is 0 Å². The molecule has 0 aliphatic rings. The van der Waals surface area contributed by atoms with Gasteiger partial charge in [-0.15, -0.1) is 0 Å². The molecule has 0 fully saturated rings. The van der Waals surface area contributed by atoms with Gasteiger partial charge in [-0.05, 0) is 25.0 Å². The van der Waals surface area contributed by atoms with Crippen LogP contribution in [-0.2, 0) is 0 Å². The zero-order valence-electron chi connectivity index (χ0n) is 12.3. The van der Waals surface area contributed by atoms with Crippen molar-refractivity contribution in [3.8, 4) is 6.07 Å². The van der Waals surface area contributed by atoms with Gasteiger partial charge in [0.2, 0.25) is 0 Å². The summed E-state index contributed by atoms with van der Waals surface area (Å²) in [5, 5.41) is 8.91. The van der Waals surface area contributed by atoms with Gasteiger partial charge >= 0.3 is 0 Å². The Morgan fingerprint density at radius 3 is 2.11 bits per heavy atom. The average molecular weight is 280 g/mol. The number of allylic oxidation sites excluding steroid dienone is 5. The molecule has 0 N–H and O–H groups in total. The molecule has 0 aromatic heterocycles. The standard InChI is InChI=1S/C8H12N2.C7H10ClN/c1-7(2)4-5-8(6-9)10-3;1-6(2)4-5-7(8)9-3/h4-5,7H,1-3H3;4-5H,1H2,2-3H3/b5-4-,10-8?;5-4-,9-7?. The van der Waals surface area contributed by atoms with E-state index in [2.05, 4.69) is 30.4 Å². The Hall–Kier alpha value is -1.66. The minimum Gasteiger partial charge on any atom is -0.278 e. The molecule has 0 saturated heterocycles. The summed E-state index contributed by atoms with van der Waals surface area (Å²) in [5.74, 6) is 0.477. The van der Waals surface area contributed by atoms with Crippen molar-refractivity contribution in [1.82, 2.24) is 0 Å². The highest BCUT2D eigenvalue weighted by Gasteiger charge is 1.87. The average Bonchev–Trinajstić information content (AvgIpc) is 2.37. The molecule has 0 rings (SSSR count). The maximum Gasteiger partial charge on any atom is 0.134 e. The van der Waals surface area contributed by atoms with Crippen LogP contribution in [0.4, 0.5) is 0 Å². The van der Waals surface area contributed by atoms with E-state index in [4.69, 9.17) is 16.9 Å². The highest BCUT2D eigenvalue weighted by Crippen LogP contribution is 1.93. The third-order valence-corrected chi connectivity index (χ3v) is 2.01. The third-order valence-electron chi connectivity index (χ3n) is 1.71. The van der Waals surface area contributed by atoms with Crippen molar-refractivity contribution in [3.05, 3.63) is 36.5 Å². The zero-order chi connectivity index (χ0) is 15.3. The van der Waals surface area contributed by atoms with Crippen LogP contribution in [0.1, 0.15) is 20.8 Å². The molecule has 0 saturated carbocycles. The first-order valence-corrected chi connectivity index (χ1v) is 6.26. The summed E-state index contributed by atoms with van der Waals surface area (Å²) in [5.41, 5.74) is 1.45. The molecule has 0 atom stereocenters. The lowest BCUT2D eigenvalue weighted by Crippen LogP contribution is -1.88. The molecule has 0 heterocycles. The van der Waals surface area contributed by atoms with E-state index in [0.29, 0.717) is 16.8 Å². The Balaban J connectivity index is 0. The predicted molar refractivity (Wildman–Crippen MR) is 86.1 cm³/mol. The first kappa shape index (κ1) is 19.7. The van der Waals surface area contributed by atoms with Gasteiger partial charge in [0.25, 0.3) is 0 Å². The summed E-state index contributed by atoms with van der Waals surface area (Å²) in [6.45, 7) is 9.67. The topological polar surface area (TPSA) is 48.5 Å². The van der Waals surface area contributed by atoms with E-state index in [9.17, 15) is 0 Å². The van der Waals surface area contributed by atoms with E-state index < -0.39 is 0 Å². The highest BCUT2D eigenvalue weighted by atomic mass is 35.5. The Kier molecular flexibility index (Phi) is 13.2. The van der Waals surface area contributed by atoms with E-state index in [0.717, 1.165) is 5.57 Å². The van der Waals surface area contributed by atoms with Crippen molar-refractivity contribution in [2.75, 3.05) is 14.1 Å². The van der Waals surface area contributed by atoms with Crippen molar-refractivity contribution in [2.45, 2.75) is 20.8 Å². The maximum atomic E-state index is 8.41. The van der Waals surface area contributed by atoms with Gasteiger partial charge < -0.3 is 0 Å². The first-order chi connectivity index (χ1) is 8.87. The van der Waals surface area contributed by atoms with E-state index in [-0.39, 0.29) is 0 Å². The SMILES string of the molecule is C=C(C)/C=C\C(Cl)=NC.CN=C(C#N)/C=C\C(C)C. The molecule has 0 radical (unpaired) electrons. The van der Waals surface area contributed by atoms with Gasteiger partial charge in [0, 0.05) is 14.1 Å². The Morgan fingerprint density at radius 2 is 1.79 bits per heavy atom. The normalized spacial score (nSPS) is 12.5. The summed E-state index contributed by atoms with van der Waals surface area (Å²) in [6.07, 6.45) is 7.22. The molecule has 0 spiro atoms. The van der Waals surface area contributed by atoms with Gasteiger partial charge in [0.05, 0.1) is 0 Å². The maximum absolute atomic E-state index is 8.41. The van der Waals surface area contributed by atoms with Crippen molar-refractivity contribution in [3.63, 3.8) is 0 Å². The number of nitrogens with zero attached hydrogens (tertiary/aromatic N) is 3. The van der Waals surface area contributed by atoms with Gasteiger partial charge in [-0.25, -0.2) is 0 Å². The second-order valence-corrected chi connectivity index (χ2v) is 4.44. The van der Waals surface area contributed by atoms with E-state index in [1.165, 1.54) is 0 Å². The number of halogens is 1. The summed E-state index contributed by atoms with van der Waals surface area (Å²) in [7, 11) is 3.26. The lowest BCUT2D eigenvalue weighted by atomic mass is 10.2. The van der Waals surface area contributed by atoms with Gasteiger partial charge in [0.15, 0.2) is 0 Å². The molecule has 19 heavy (non-hydrogen) atoms. The Bertz CT molecular complexity index is 421. The summed E-state index contributed by atoms with van der Waals surface area (Å²) in [6, 6.07) is 1.97. The molecular weight excluding hydrogens is 258 g/mol. The fraction of sp³-hybridized carbons (Fsp3) is 0.400. The summed E-state index contributed by atoms with van der Waals surface area (Å²) < 4.78 is 0. The Morgan fingerprint density at radius 1 is 1.21 bits per heavy atom. The molecule has 0 bridgehead atoms. The van der Waals surface area contributed by atoms with Crippen molar-refractivity contribution < 1.29 is 0 Å². The molecule has 0 amide bonds. The molecule has 0 aliphatic heterocycles. The van der Waals surface area contributed by atoms with Gasteiger partial charge in [0.1, 0.15) is 17.0 Å². The van der Waals surface area contributed by atoms with Crippen LogP contribution >= 0.6 is 11.6 Å². The molecule has 4 heteroatoms. The predicted octanol–water partition coefficient (Wildman–Crippen LogP) is 4.18. The smallest absolute Gasteiger partial charge is 0.134 e. The van der Waals surface area contributed by atoms with Crippen LogP contribution in [-0.4, -0.2) is 25.0 Å². The van der Waals surface area contributed by atoms with E-state index >= 15 is 0 Å². The molecule has 0 aromatic rings. The fourth-order valence-corrected chi connectivity index (χ4v) is 0.794. The fourth-order valence-electron chi connectivity index (χ4n) is 0.731. The van der Waals surface area contributed by atoms with Gasteiger partial charge in [-0.1, -0.05) is 49.8 Å². The molecule has 3 nitrogen and oxygen atoms in total. The monoisotopic (exact) mass is 279 g/mol. The second-order valence-electron chi connectivity index (χ2n) is 4.05. The van der Waals surface area contributed by atoms with Crippen LogP contribution in [0.3, 0.4) is 0 Å². The largest absolute Gasteiger partial charge is 0.278 e. The van der Waals surface area contributed by atoms with E-state index in [1.54, 1.807) is 26.2 Å². The Labute approximate surface area is 121 Å². The molecule has 0 aliphatic carbocycles. The lowest BCUT2D eigenvalue weighted by molar-refractivity contribution is 0.833. The van der Waals surface area contributed by atoms with Crippen LogP contribution < -0.4 is 0 Å². The van der Waals surface area contributed by atoms with E-state index in [1.807, 2.05) is 25.1 Å². The van der Waals surface area contributed by atoms with Crippen LogP contribution in [0.25, 0.3) is 0 Å². The van der Waals surface area contributed by atoms with Crippen molar-refractivity contribution >= 4 is 22.5 Å². The summed E-state index contributed by atoms with van der Waals surface area (Å²) in [4.78, 5) is 7.46. The van der Waals surface area contributed by atoms with Crippen molar-refractivity contribution in [2.24, 2.45) is 15.9 Å². The van der Waals surface area contributed by atoms with Crippen LogP contribution in [0.15, 0.2) is 46.4 Å². The number of hydrogen-bond donors (Lipinski definition) is 0. The van der Waals surface area contributed by atoms with Crippen molar-refractivity contribution in [1.29, 1.82) is 5.26 Å². The van der Waals surface area contributed by atoms with Crippen LogP contribution in [0, 0.1) is 17.2 Å². The zero-order valence-corrected chi connectivity index (χ0v) is 13.1. The molecule has 104 valence electrons. The first-order valence-electron chi connectivity index (χ1n) is 5.88. The quantitative estimate of drug-likeness (QED) is 0.562. The van der Waals surface area contributed by atoms with Gasteiger partial charge in [-0.3, -0.25) is 9.98 Å². The van der Waals surface area contributed by atoms with Gasteiger partial charge in [-0.2, -0.15) is 5.26 Å². The number of nitriles is 1. The minimum atomic E-state index is 0.477. The molecular formula is C15H22ClN3. The second kappa shape index (κ2) is 12.8. The number of aliphatic imine (C=N–C) groups is 2. The lowest BCUT2D eigenvalue weighted by Gasteiger charge is -1.90. The van der Waals surface area contributed by atoms with Crippen LogP contribution in [0.2, 0.25) is 0 Å². The molecule has 0 unspecified atom stereocenters. The number of hydrogen-bond acceptors (Lipinski definition) is 3. The summed E-state index contributed by atoms with van der Waals surface area (Å²) >= 11 is 5.53. The highest BCUT2D eigenvalue weighted by molar-refractivity contribution is 6.68. The molecule has 0 aromatic carbocycles. The number of rotatable bonds is 4. The third kappa shape index (κ3) is 16.3.